The fraction of sp³-hybridized carbons (Fsp3) is 0.100. The minimum absolute atomic E-state index is 0.272. The molecule has 0 aromatic heterocycles. The predicted molar refractivity (Wildman–Crippen MR) is 51.0 cm³/mol. The lowest BCUT2D eigenvalue weighted by Gasteiger charge is -1.95. The van der Waals surface area contributed by atoms with Crippen molar-refractivity contribution in [2.75, 3.05) is 0 Å². The van der Waals surface area contributed by atoms with E-state index in [4.69, 9.17) is 0 Å². The van der Waals surface area contributed by atoms with Crippen LogP contribution in [0.4, 0.5) is 0 Å². The fourth-order valence-corrected chi connectivity index (χ4v) is 0.775. The maximum Gasteiger partial charge on any atom is 0.365 e. The highest BCUT2D eigenvalue weighted by molar-refractivity contribution is 6.26. The van der Waals surface area contributed by atoms with Crippen LogP contribution in [0.1, 0.15) is 17.3 Å². The molecular weight excluding hydrogens is 182 g/mol. The minimum atomic E-state index is -0.580. The number of rotatable bonds is 3. The van der Waals surface area contributed by atoms with Crippen LogP contribution in [0, 0.1) is 0 Å². The summed E-state index contributed by atoms with van der Waals surface area (Å²) in [5.41, 5.74) is 0.396. The summed E-state index contributed by atoms with van der Waals surface area (Å²) < 4.78 is 0. The first-order valence-corrected chi connectivity index (χ1v) is 4.00. The molecule has 0 unspecified atom stereocenters. The van der Waals surface area contributed by atoms with Gasteiger partial charge in [0, 0.05) is 6.92 Å². The van der Waals surface area contributed by atoms with Gasteiger partial charge in [0.1, 0.15) is 6.21 Å². The Hall–Kier alpha value is -1.97. The third-order valence-corrected chi connectivity index (χ3v) is 1.38. The Bertz CT molecular complexity index is 357. The molecule has 0 saturated carbocycles. The first-order valence-electron chi connectivity index (χ1n) is 4.00. The van der Waals surface area contributed by atoms with Crippen molar-refractivity contribution in [1.29, 1.82) is 0 Å². The van der Waals surface area contributed by atoms with Crippen molar-refractivity contribution in [3.05, 3.63) is 35.9 Å². The van der Waals surface area contributed by atoms with Gasteiger partial charge in [0.2, 0.25) is 0 Å². The number of oxime groups is 1. The average Bonchev–Trinajstić information content (AvgIpc) is 2.18. The van der Waals surface area contributed by atoms with Crippen LogP contribution >= 0.6 is 0 Å². The van der Waals surface area contributed by atoms with Gasteiger partial charge >= 0.3 is 5.97 Å². The number of hydrogen-bond acceptors (Lipinski definition) is 4. The molecule has 0 aliphatic carbocycles. The number of benzene rings is 1. The third-order valence-electron chi connectivity index (χ3n) is 1.38. The molecular formula is C10H9NO3. The van der Waals surface area contributed by atoms with Crippen LogP contribution < -0.4 is 0 Å². The maximum atomic E-state index is 11.2. The quantitative estimate of drug-likeness (QED) is 0.412. The second-order valence-corrected chi connectivity index (χ2v) is 2.59. The van der Waals surface area contributed by atoms with Gasteiger partial charge in [-0.15, -0.1) is 0 Å². The molecule has 1 aromatic rings. The van der Waals surface area contributed by atoms with Crippen LogP contribution in [0.2, 0.25) is 0 Å². The van der Waals surface area contributed by atoms with E-state index in [1.54, 1.807) is 30.3 Å². The normalized spacial score (nSPS) is 10.1. The summed E-state index contributed by atoms with van der Waals surface area (Å²) in [5, 5.41) is 3.22. The molecule has 0 bridgehead atoms. The second-order valence-electron chi connectivity index (χ2n) is 2.59. The van der Waals surface area contributed by atoms with E-state index in [-0.39, 0.29) is 5.78 Å². The molecule has 0 spiro atoms. The number of ketones is 1. The minimum Gasteiger partial charge on any atom is -0.313 e. The summed E-state index contributed by atoms with van der Waals surface area (Å²) >= 11 is 0. The van der Waals surface area contributed by atoms with E-state index >= 15 is 0 Å². The predicted octanol–water partition coefficient (Wildman–Crippen LogP) is 1.42. The largest absolute Gasteiger partial charge is 0.365 e. The number of nitrogens with zero attached hydrogens (tertiary/aromatic N) is 1. The zero-order valence-electron chi connectivity index (χ0n) is 7.64. The zero-order chi connectivity index (χ0) is 10.4. The molecule has 14 heavy (non-hydrogen) atoms. The van der Waals surface area contributed by atoms with Gasteiger partial charge in [-0.25, -0.2) is 4.79 Å². The highest BCUT2D eigenvalue weighted by Gasteiger charge is 2.04. The number of hydrogen-bond donors (Lipinski definition) is 0. The summed E-state index contributed by atoms with van der Waals surface area (Å²) in [5.74, 6) is -0.853. The van der Waals surface area contributed by atoms with Crippen molar-refractivity contribution < 1.29 is 14.4 Å². The summed E-state index contributed by atoms with van der Waals surface area (Å²) in [7, 11) is 0. The van der Waals surface area contributed by atoms with E-state index in [1.807, 2.05) is 0 Å². The molecule has 0 aliphatic rings. The topological polar surface area (TPSA) is 55.7 Å². The standard InChI is InChI=1S/C10H9NO3/c1-8(12)7-11-14-10(13)9-5-3-2-4-6-9/h2-7H,1H3/b11-7+. The second kappa shape index (κ2) is 4.91. The SMILES string of the molecule is CC(=O)/C=N/OC(=O)c1ccccc1. The highest BCUT2D eigenvalue weighted by Crippen LogP contribution is 2.00. The average molecular weight is 191 g/mol. The molecule has 0 heterocycles. The first-order chi connectivity index (χ1) is 6.70. The molecule has 0 N–H and O–H groups in total. The lowest BCUT2D eigenvalue weighted by molar-refractivity contribution is -0.110. The van der Waals surface area contributed by atoms with Crippen LogP contribution in [-0.4, -0.2) is 18.0 Å². The highest BCUT2D eigenvalue weighted by atomic mass is 16.7. The van der Waals surface area contributed by atoms with E-state index in [1.165, 1.54) is 6.92 Å². The van der Waals surface area contributed by atoms with Crippen molar-refractivity contribution in [2.24, 2.45) is 5.16 Å². The number of carbonyl (C=O) groups excluding carboxylic acids is 2. The van der Waals surface area contributed by atoms with E-state index < -0.39 is 5.97 Å². The van der Waals surface area contributed by atoms with Crippen LogP contribution in [-0.2, 0) is 9.63 Å². The lowest BCUT2D eigenvalue weighted by Crippen LogP contribution is -2.01. The molecule has 0 amide bonds. The van der Waals surface area contributed by atoms with Gasteiger partial charge in [0.05, 0.1) is 5.56 Å². The van der Waals surface area contributed by atoms with E-state index in [2.05, 4.69) is 9.99 Å². The Morgan fingerprint density at radius 1 is 1.29 bits per heavy atom. The van der Waals surface area contributed by atoms with Crippen LogP contribution in [0.25, 0.3) is 0 Å². The lowest BCUT2D eigenvalue weighted by atomic mass is 10.2. The van der Waals surface area contributed by atoms with Gasteiger partial charge in [-0.3, -0.25) is 4.79 Å². The first kappa shape index (κ1) is 10.1. The van der Waals surface area contributed by atoms with Gasteiger partial charge in [-0.1, -0.05) is 23.4 Å². The summed E-state index contributed by atoms with van der Waals surface area (Å²) in [6, 6.07) is 8.42. The smallest absolute Gasteiger partial charge is 0.313 e. The van der Waals surface area contributed by atoms with Crippen molar-refractivity contribution >= 4 is 18.0 Å². The summed E-state index contributed by atoms with van der Waals surface area (Å²) in [6.07, 6.45) is 0.945. The molecule has 1 aromatic carbocycles. The van der Waals surface area contributed by atoms with Gasteiger partial charge in [0.15, 0.2) is 5.78 Å². The molecule has 0 fully saturated rings. The fourth-order valence-electron chi connectivity index (χ4n) is 0.775. The van der Waals surface area contributed by atoms with Gasteiger partial charge in [0.25, 0.3) is 0 Å². The van der Waals surface area contributed by atoms with E-state index in [9.17, 15) is 9.59 Å². The van der Waals surface area contributed by atoms with Crippen molar-refractivity contribution in [1.82, 2.24) is 0 Å². The van der Waals surface area contributed by atoms with E-state index in [0.29, 0.717) is 5.56 Å². The molecule has 0 aliphatic heterocycles. The molecule has 0 radical (unpaired) electrons. The number of Topliss-reactive ketones (excluding diaryl/α,β-unsaturated/α-hetero) is 1. The molecule has 0 saturated heterocycles. The third kappa shape index (κ3) is 3.18. The Kier molecular flexibility index (Phi) is 3.55. The van der Waals surface area contributed by atoms with Gasteiger partial charge < -0.3 is 4.84 Å². The van der Waals surface area contributed by atoms with E-state index in [0.717, 1.165) is 6.21 Å². The maximum absolute atomic E-state index is 11.2. The Balaban J connectivity index is 2.56. The number of carbonyl (C=O) groups is 2. The van der Waals surface area contributed by atoms with Crippen LogP contribution in [0.3, 0.4) is 0 Å². The monoisotopic (exact) mass is 191 g/mol. The van der Waals surface area contributed by atoms with Crippen molar-refractivity contribution in [2.45, 2.75) is 6.92 Å². The molecule has 4 nitrogen and oxygen atoms in total. The molecule has 72 valence electrons. The summed E-state index contributed by atoms with van der Waals surface area (Å²) in [6.45, 7) is 1.32. The Morgan fingerprint density at radius 3 is 2.50 bits per heavy atom. The van der Waals surface area contributed by atoms with Gasteiger partial charge in [-0.05, 0) is 12.1 Å². The van der Waals surface area contributed by atoms with Gasteiger partial charge in [-0.2, -0.15) is 0 Å². The van der Waals surface area contributed by atoms with Crippen molar-refractivity contribution in [3.8, 4) is 0 Å². The Labute approximate surface area is 81.2 Å². The molecule has 0 atom stereocenters. The van der Waals surface area contributed by atoms with Crippen LogP contribution in [0.5, 0.6) is 0 Å². The zero-order valence-corrected chi connectivity index (χ0v) is 7.64. The molecule has 1 rings (SSSR count). The van der Waals surface area contributed by atoms with Crippen LogP contribution in [0.15, 0.2) is 35.5 Å². The Morgan fingerprint density at radius 2 is 1.93 bits per heavy atom. The van der Waals surface area contributed by atoms with Crippen molar-refractivity contribution in [3.63, 3.8) is 0 Å². The molecule has 4 heteroatoms. The summed E-state index contributed by atoms with van der Waals surface area (Å²) in [4.78, 5) is 26.0.